The third-order valence-corrected chi connectivity index (χ3v) is 3.12. The summed E-state index contributed by atoms with van der Waals surface area (Å²) in [6.45, 7) is 3.88. The highest BCUT2D eigenvalue weighted by Gasteiger charge is 2.14. The molecule has 2 rings (SSSR count). The molecule has 0 saturated carbocycles. The normalized spacial score (nSPS) is 12.8. The number of hydrogen-bond acceptors (Lipinski definition) is 2. The standard InChI is InChI=1S/C13H14BrNO/c1-8-6-12(9(2)16-8)13(15)10-4-3-5-11(14)7-10/h3-7,13H,15H2,1-2H3. The van der Waals surface area contributed by atoms with Gasteiger partial charge in [0.2, 0.25) is 0 Å². The van der Waals surface area contributed by atoms with E-state index in [-0.39, 0.29) is 6.04 Å². The molecule has 2 N–H and O–H groups in total. The van der Waals surface area contributed by atoms with Crippen molar-refractivity contribution in [3.8, 4) is 0 Å². The Bertz CT molecular complexity index is 504. The van der Waals surface area contributed by atoms with Gasteiger partial charge in [-0.3, -0.25) is 0 Å². The summed E-state index contributed by atoms with van der Waals surface area (Å²) in [5.74, 6) is 1.79. The maximum Gasteiger partial charge on any atom is 0.106 e. The number of benzene rings is 1. The van der Waals surface area contributed by atoms with E-state index in [1.54, 1.807) is 0 Å². The molecule has 1 unspecified atom stereocenters. The highest BCUT2D eigenvalue weighted by molar-refractivity contribution is 9.10. The molecule has 1 atom stereocenters. The van der Waals surface area contributed by atoms with Gasteiger partial charge in [-0.1, -0.05) is 28.1 Å². The summed E-state index contributed by atoms with van der Waals surface area (Å²) in [5, 5.41) is 0. The third-order valence-electron chi connectivity index (χ3n) is 2.62. The molecule has 16 heavy (non-hydrogen) atoms. The zero-order chi connectivity index (χ0) is 11.7. The van der Waals surface area contributed by atoms with Crippen LogP contribution in [0.1, 0.15) is 28.7 Å². The van der Waals surface area contributed by atoms with Gasteiger partial charge >= 0.3 is 0 Å². The largest absolute Gasteiger partial charge is 0.466 e. The Kier molecular flexibility index (Phi) is 3.17. The second kappa shape index (κ2) is 4.44. The molecule has 1 aromatic carbocycles. The second-order valence-corrected chi connectivity index (χ2v) is 4.82. The summed E-state index contributed by atoms with van der Waals surface area (Å²) in [6.07, 6.45) is 0. The predicted molar refractivity (Wildman–Crippen MR) is 68.4 cm³/mol. The Morgan fingerprint density at radius 3 is 2.56 bits per heavy atom. The lowest BCUT2D eigenvalue weighted by Gasteiger charge is -2.11. The molecule has 0 aliphatic heterocycles. The van der Waals surface area contributed by atoms with Crippen molar-refractivity contribution in [1.29, 1.82) is 0 Å². The van der Waals surface area contributed by atoms with Crippen molar-refractivity contribution in [1.82, 2.24) is 0 Å². The van der Waals surface area contributed by atoms with Crippen LogP contribution in [-0.2, 0) is 0 Å². The van der Waals surface area contributed by atoms with Crippen LogP contribution in [0.4, 0.5) is 0 Å². The maximum atomic E-state index is 6.22. The van der Waals surface area contributed by atoms with E-state index in [4.69, 9.17) is 10.2 Å². The summed E-state index contributed by atoms with van der Waals surface area (Å²) < 4.78 is 6.54. The first-order valence-corrected chi connectivity index (χ1v) is 5.95. The minimum absolute atomic E-state index is 0.130. The first kappa shape index (κ1) is 11.4. The van der Waals surface area contributed by atoms with E-state index >= 15 is 0 Å². The van der Waals surface area contributed by atoms with Crippen molar-refractivity contribution >= 4 is 15.9 Å². The number of halogens is 1. The summed E-state index contributed by atoms with van der Waals surface area (Å²) in [4.78, 5) is 0. The van der Waals surface area contributed by atoms with Crippen molar-refractivity contribution in [3.63, 3.8) is 0 Å². The van der Waals surface area contributed by atoms with Gasteiger partial charge in [0.1, 0.15) is 11.5 Å². The Hall–Kier alpha value is -1.06. The van der Waals surface area contributed by atoms with Crippen molar-refractivity contribution in [2.75, 3.05) is 0 Å². The molecule has 0 aliphatic carbocycles. The van der Waals surface area contributed by atoms with Crippen molar-refractivity contribution in [3.05, 3.63) is 57.5 Å². The van der Waals surface area contributed by atoms with E-state index in [1.807, 2.05) is 44.2 Å². The first-order chi connectivity index (χ1) is 7.58. The third kappa shape index (κ3) is 2.20. The minimum Gasteiger partial charge on any atom is -0.466 e. The number of rotatable bonds is 2. The lowest BCUT2D eigenvalue weighted by atomic mass is 10.0. The van der Waals surface area contributed by atoms with Crippen LogP contribution in [-0.4, -0.2) is 0 Å². The Morgan fingerprint density at radius 2 is 2.00 bits per heavy atom. The first-order valence-electron chi connectivity index (χ1n) is 5.16. The molecular formula is C13H14BrNO. The highest BCUT2D eigenvalue weighted by atomic mass is 79.9. The van der Waals surface area contributed by atoms with Gasteiger partial charge in [0.05, 0.1) is 6.04 Å². The lowest BCUT2D eigenvalue weighted by Crippen LogP contribution is -2.11. The molecule has 0 radical (unpaired) electrons. The number of nitrogens with two attached hydrogens (primary N) is 1. The van der Waals surface area contributed by atoms with Crippen LogP contribution in [0, 0.1) is 13.8 Å². The molecule has 0 aliphatic rings. The van der Waals surface area contributed by atoms with Crippen molar-refractivity contribution < 1.29 is 4.42 Å². The van der Waals surface area contributed by atoms with Crippen LogP contribution in [0.25, 0.3) is 0 Å². The topological polar surface area (TPSA) is 39.2 Å². The quantitative estimate of drug-likeness (QED) is 0.910. The number of aryl methyl sites for hydroxylation is 2. The van der Waals surface area contributed by atoms with Gasteiger partial charge in [-0.05, 0) is 37.6 Å². The average molecular weight is 280 g/mol. The molecular weight excluding hydrogens is 266 g/mol. The van der Waals surface area contributed by atoms with Gasteiger partial charge in [-0.15, -0.1) is 0 Å². The fraction of sp³-hybridized carbons (Fsp3) is 0.231. The molecule has 0 spiro atoms. The molecule has 84 valence electrons. The van der Waals surface area contributed by atoms with Crippen LogP contribution < -0.4 is 5.73 Å². The number of hydrogen-bond donors (Lipinski definition) is 1. The zero-order valence-electron chi connectivity index (χ0n) is 9.33. The summed E-state index contributed by atoms with van der Waals surface area (Å²) in [7, 11) is 0. The SMILES string of the molecule is Cc1cc(C(N)c2cccc(Br)c2)c(C)o1. The fourth-order valence-corrected chi connectivity index (χ4v) is 2.26. The average Bonchev–Trinajstić information content (AvgIpc) is 2.57. The van der Waals surface area contributed by atoms with Crippen LogP contribution >= 0.6 is 15.9 Å². The summed E-state index contributed by atoms with van der Waals surface area (Å²) >= 11 is 3.45. The molecule has 0 saturated heterocycles. The van der Waals surface area contributed by atoms with Crippen LogP contribution in [0.3, 0.4) is 0 Å². The van der Waals surface area contributed by atoms with E-state index in [2.05, 4.69) is 15.9 Å². The van der Waals surface area contributed by atoms with Crippen LogP contribution in [0.2, 0.25) is 0 Å². The van der Waals surface area contributed by atoms with Crippen molar-refractivity contribution in [2.24, 2.45) is 5.73 Å². The Balaban J connectivity index is 2.38. The Labute approximate surface area is 104 Å². The summed E-state index contributed by atoms with van der Waals surface area (Å²) in [5.41, 5.74) is 8.35. The molecule has 1 aromatic heterocycles. The Morgan fingerprint density at radius 1 is 1.25 bits per heavy atom. The zero-order valence-corrected chi connectivity index (χ0v) is 10.9. The molecule has 0 bridgehead atoms. The van der Waals surface area contributed by atoms with Gasteiger partial charge < -0.3 is 10.2 Å². The highest BCUT2D eigenvalue weighted by Crippen LogP contribution is 2.26. The van der Waals surface area contributed by atoms with Gasteiger partial charge in [0.25, 0.3) is 0 Å². The second-order valence-electron chi connectivity index (χ2n) is 3.90. The molecule has 0 amide bonds. The van der Waals surface area contributed by atoms with E-state index in [0.717, 1.165) is 27.1 Å². The molecule has 2 aromatic rings. The minimum atomic E-state index is -0.130. The fourth-order valence-electron chi connectivity index (χ4n) is 1.84. The molecule has 1 heterocycles. The van der Waals surface area contributed by atoms with E-state index < -0.39 is 0 Å². The lowest BCUT2D eigenvalue weighted by molar-refractivity contribution is 0.499. The van der Waals surface area contributed by atoms with Crippen LogP contribution in [0.5, 0.6) is 0 Å². The van der Waals surface area contributed by atoms with Gasteiger partial charge in [0.15, 0.2) is 0 Å². The van der Waals surface area contributed by atoms with Crippen molar-refractivity contribution in [2.45, 2.75) is 19.9 Å². The molecule has 2 nitrogen and oxygen atoms in total. The van der Waals surface area contributed by atoms with E-state index in [0.29, 0.717) is 0 Å². The smallest absolute Gasteiger partial charge is 0.106 e. The van der Waals surface area contributed by atoms with Gasteiger partial charge in [-0.25, -0.2) is 0 Å². The number of furan rings is 1. The molecule has 0 fully saturated rings. The summed E-state index contributed by atoms with van der Waals surface area (Å²) in [6, 6.07) is 9.91. The van der Waals surface area contributed by atoms with Gasteiger partial charge in [-0.2, -0.15) is 0 Å². The maximum absolute atomic E-state index is 6.22. The van der Waals surface area contributed by atoms with Gasteiger partial charge in [0, 0.05) is 10.0 Å². The van der Waals surface area contributed by atoms with Crippen LogP contribution in [0.15, 0.2) is 39.2 Å². The molecule has 3 heteroatoms. The van der Waals surface area contributed by atoms with E-state index in [9.17, 15) is 0 Å². The predicted octanol–water partition coefficient (Wildman–Crippen LogP) is 3.71. The monoisotopic (exact) mass is 279 g/mol. The van der Waals surface area contributed by atoms with E-state index in [1.165, 1.54) is 0 Å².